The van der Waals surface area contributed by atoms with Gasteiger partial charge in [-0.3, -0.25) is 0 Å². The van der Waals surface area contributed by atoms with Gasteiger partial charge in [-0.15, -0.1) is 0 Å². The van der Waals surface area contributed by atoms with Gasteiger partial charge in [0, 0.05) is 0 Å². The van der Waals surface area contributed by atoms with E-state index in [1.165, 1.54) is 13.8 Å². The van der Waals surface area contributed by atoms with Crippen molar-refractivity contribution in [2.45, 2.75) is 13.8 Å². The molecule has 0 aliphatic carbocycles. The summed E-state index contributed by atoms with van der Waals surface area (Å²) in [6, 6.07) is 0. The van der Waals surface area contributed by atoms with Crippen molar-refractivity contribution in [3.05, 3.63) is 11.3 Å². The van der Waals surface area contributed by atoms with Crippen LogP contribution in [0, 0.1) is 0 Å². The Labute approximate surface area is 47.5 Å². The second-order valence-electron chi connectivity index (χ2n) is 1.76. The number of hydrogen-bond acceptors (Lipinski definition) is 0. The van der Waals surface area contributed by atoms with Gasteiger partial charge in [-0.05, 0) is 19.5 Å². The molecule has 0 spiro atoms. The normalized spacial score (nSPS) is 11.1. The average molecular weight is 140 g/mol. The van der Waals surface area contributed by atoms with Crippen molar-refractivity contribution in [1.29, 1.82) is 0 Å². The lowest BCUT2D eigenvalue weighted by Crippen LogP contribution is -2.10. The Morgan fingerprint density at radius 1 is 1.25 bits per heavy atom. The van der Waals surface area contributed by atoms with Gasteiger partial charge in [0.05, 0.1) is 0 Å². The molecule has 4 heteroatoms. The fraction of sp³-hybridized carbons (Fsp3) is 0.500. The maximum absolute atomic E-state index is 11.4. The van der Waals surface area contributed by atoms with E-state index in [4.69, 9.17) is 0 Å². The van der Waals surface area contributed by atoms with Crippen molar-refractivity contribution in [2.75, 3.05) is 0 Å². The van der Waals surface area contributed by atoms with Gasteiger partial charge >= 0.3 is 9.08 Å². The summed E-state index contributed by atoms with van der Waals surface area (Å²) < 4.78 is 34.1. The highest BCUT2D eigenvalue weighted by Crippen LogP contribution is 2.11. The van der Waals surface area contributed by atoms with Crippen LogP contribution in [0.2, 0.25) is 0 Å². The summed E-state index contributed by atoms with van der Waals surface area (Å²) in [5.74, 6) is 0. The van der Waals surface area contributed by atoms with E-state index >= 15 is 0 Å². The molecule has 0 aromatic carbocycles. The molecule has 0 aliphatic heterocycles. The van der Waals surface area contributed by atoms with Gasteiger partial charge in [0.1, 0.15) is 0 Å². The Hall–Kier alpha value is -0.253. The molecule has 0 radical (unpaired) electrons. The molecule has 0 atom stereocenters. The third-order valence-electron chi connectivity index (χ3n) is 0.452. The molecule has 0 amide bonds. The standard InChI is InChI=1S/C4H7F3Si/c1-4(2)3-8(5,6)7/h3H,1-2H3. The van der Waals surface area contributed by atoms with Gasteiger partial charge in [0.15, 0.2) is 0 Å². The summed E-state index contributed by atoms with van der Waals surface area (Å²) in [5, 5.41) is 0. The molecule has 0 unspecified atom stereocenters. The van der Waals surface area contributed by atoms with Crippen LogP contribution in [0.5, 0.6) is 0 Å². The summed E-state index contributed by atoms with van der Waals surface area (Å²) in [4.78, 5) is 0. The van der Waals surface area contributed by atoms with Gasteiger partial charge in [0.25, 0.3) is 0 Å². The Morgan fingerprint density at radius 2 is 1.62 bits per heavy atom. The molecule has 0 aromatic rings. The molecular formula is C4H7F3Si. The van der Waals surface area contributed by atoms with Crippen molar-refractivity contribution >= 4 is 9.08 Å². The maximum Gasteiger partial charge on any atom is 0.645 e. The van der Waals surface area contributed by atoms with Crippen LogP contribution in [0.15, 0.2) is 11.3 Å². The fourth-order valence-corrected chi connectivity index (χ4v) is 0.982. The summed E-state index contributed by atoms with van der Waals surface area (Å²) in [5.41, 5.74) is 0.747. The Bertz CT molecular complexity index is 98.3. The monoisotopic (exact) mass is 140 g/mol. The van der Waals surface area contributed by atoms with E-state index in [2.05, 4.69) is 0 Å². The molecule has 0 saturated carbocycles. The third kappa shape index (κ3) is 5.75. The average Bonchev–Trinajstić information content (AvgIpc) is 1.21. The highest BCUT2D eigenvalue weighted by Gasteiger charge is 2.32. The minimum absolute atomic E-state index is 0.337. The van der Waals surface area contributed by atoms with E-state index < -0.39 is 9.08 Å². The van der Waals surface area contributed by atoms with E-state index in [-0.39, 0.29) is 0 Å². The summed E-state index contributed by atoms with van der Waals surface area (Å²) in [6.07, 6.45) is 0. The minimum Gasteiger partial charge on any atom is -0.234 e. The van der Waals surface area contributed by atoms with Crippen LogP contribution in [0.4, 0.5) is 12.3 Å². The molecule has 0 rings (SSSR count). The molecule has 0 N–H and O–H groups in total. The molecular weight excluding hydrogens is 133 g/mol. The molecule has 0 nitrogen and oxygen atoms in total. The molecule has 8 heavy (non-hydrogen) atoms. The first-order valence-corrected chi connectivity index (χ1v) is 3.86. The Morgan fingerprint density at radius 3 is 1.62 bits per heavy atom. The fourth-order valence-electron chi connectivity index (χ4n) is 0.327. The first-order chi connectivity index (χ1) is 3.42. The van der Waals surface area contributed by atoms with Gasteiger partial charge in [0.2, 0.25) is 0 Å². The van der Waals surface area contributed by atoms with E-state index in [9.17, 15) is 12.3 Å². The lowest BCUT2D eigenvalue weighted by Gasteiger charge is -1.92. The molecule has 0 bridgehead atoms. The molecule has 0 aliphatic rings. The van der Waals surface area contributed by atoms with Crippen LogP contribution < -0.4 is 0 Å². The Balaban J connectivity index is 3.89. The highest BCUT2D eigenvalue weighted by molar-refractivity contribution is 6.64. The molecule has 0 saturated heterocycles. The molecule has 0 aromatic heterocycles. The first kappa shape index (κ1) is 7.75. The van der Waals surface area contributed by atoms with Crippen LogP contribution in [-0.4, -0.2) is 9.08 Å². The molecule has 0 fully saturated rings. The zero-order valence-corrected chi connectivity index (χ0v) is 5.71. The minimum atomic E-state index is -5.38. The maximum atomic E-state index is 11.4. The van der Waals surface area contributed by atoms with Crippen LogP contribution in [-0.2, 0) is 0 Å². The molecule has 48 valence electrons. The van der Waals surface area contributed by atoms with Crippen LogP contribution in [0.1, 0.15) is 13.8 Å². The number of hydrogen-bond donors (Lipinski definition) is 0. The van der Waals surface area contributed by atoms with Gasteiger partial charge in [-0.2, -0.15) is 0 Å². The molecule has 0 heterocycles. The van der Waals surface area contributed by atoms with Crippen molar-refractivity contribution in [3.8, 4) is 0 Å². The number of allylic oxidation sites excluding steroid dienone is 1. The Kier molecular flexibility index (Phi) is 2.27. The highest BCUT2D eigenvalue weighted by atomic mass is 28.5. The van der Waals surface area contributed by atoms with E-state index in [0.29, 0.717) is 11.3 Å². The van der Waals surface area contributed by atoms with Crippen LogP contribution >= 0.6 is 0 Å². The zero-order chi connectivity index (χ0) is 6.78. The van der Waals surface area contributed by atoms with Gasteiger partial charge < -0.3 is 0 Å². The number of rotatable bonds is 1. The van der Waals surface area contributed by atoms with Gasteiger partial charge in [-0.1, -0.05) is 5.57 Å². The second kappa shape index (κ2) is 2.35. The SMILES string of the molecule is CC(C)=C[Si](F)(F)F. The summed E-state index contributed by atoms with van der Waals surface area (Å²) in [6.45, 7) is 2.89. The van der Waals surface area contributed by atoms with Crippen molar-refractivity contribution < 1.29 is 12.3 Å². The van der Waals surface area contributed by atoms with Crippen molar-refractivity contribution in [3.63, 3.8) is 0 Å². The van der Waals surface area contributed by atoms with Crippen LogP contribution in [0.25, 0.3) is 0 Å². The summed E-state index contributed by atoms with van der Waals surface area (Å²) >= 11 is 0. The lowest BCUT2D eigenvalue weighted by molar-refractivity contribution is 0.498. The predicted octanol–water partition coefficient (Wildman–Crippen LogP) is 2.34. The topological polar surface area (TPSA) is 0 Å². The first-order valence-electron chi connectivity index (χ1n) is 2.14. The van der Waals surface area contributed by atoms with E-state index in [0.717, 1.165) is 0 Å². The second-order valence-corrected chi connectivity index (χ2v) is 3.14. The lowest BCUT2D eigenvalue weighted by atomic mass is 10.4. The zero-order valence-electron chi connectivity index (χ0n) is 4.71. The van der Waals surface area contributed by atoms with Crippen LogP contribution in [0.3, 0.4) is 0 Å². The van der Waals surface area contributed by atoms with Crippen molar-refractivity contribution in [1.82, 2.24) is 0 Å². The quantitative estimate of drug-likeness (QED) is 0.387. The van der Waals surface area contributed by atoms with Gasteiger partial charge in [-0.25, -0.2) is 12.3 Å². The van der Waals surface area contributed by atoms with E-state index in [1.54, 1.807) is 0 Å². The largest absolute Gasteiger partial charge is 0.645 e. The van der Waals surface area contributed by atoms with E-state index in [1.807, 2.05) is 0 Å². The summed E-state index contributed by atoms with van der Waals surface area (Å²) in [7, 11) is -5.38. The smallest absolute Gasteiger partial charge is 0.234 e. The number of halogens is 3. The third-order valence-corrected chi connectivity index (χ3v) is 1.36. The van der Waals surface area contributed by atoms with Crippen molar-refractivity contribution in [2.24, 2.45) is 0 Å². The predicted molar refractivity (Wildman–Crippen MR) is 28.5 cm³/mol.